The molecule has 5 heterocycles. The highest BCUT2D eigenvalue weighted by Gasteiger charge is 2.52. The average molecular weight is 422 g/mol. The second kappa shape index (κ2) is 6.46. The van der Waals surface area contributed by atoms with Crippen molar-refractivity contribution in [3.63, 3.8) is 0 Å². The van der Waals surface area contributed by atoms with Crippen molar-refractivity contribution < 1.29 is 13.7 Å². The Kier molecular flexibility index (Phi) is 3.89. The maximum Gasteiger partial charge on any atom is 0.205 e. The number of rotatable bonds is 1. The Balaban J connectivity index is 1.60. The third-order valence-electron chi connectivity index (χ3n) is 6.66. The molecule has 3 aliphatic rings. The van der Waals surface area contributed by atoms with E-state index in [9.17, 15) is 0 Å². The molecule has 0 radical (unpaired) electrons. The van der Waals surface area contributed by atoms with E-state index in [1.165, 1.54) is 0 Å². The summed E-state index contributed by atoms with van der Waals surface area (Å²) in [7, 11) is 1.88. The van der Waals surface area contributed by atoms with E-state index in [-0.39, 0.29) is 29.7 Å². The number of ether oxygens (including phenoxy) is 1. The van der Waals surface area contributed by atoms with Gasteiger partial charge in [-0.15, -0.1) is 0 Å². The number of nitrogens with zero attached hydrogens (tertiary/aromatic N) is 6. The molecule has 3 aromatic rings. The fraction of sp³-hybridized carbons (Fsp3) is 0.455. The van der Waals surface area contributed by atoms with E-state index in [0.717, 1.165) is 11.3 Å². The maximum atomic E-state index is 16.0. The monoisotopic (exact) mass is 422 g/mol. The van der Waals surface area contributed by atoms with Crippen molar-refractivity contribution >= 4 is 29.1 Å². The van der Waals surface area contributed by atoms with Crippen molar-refractivity contribution in [2.45, 2.75) is 38.5 Å². The van der Waals surface area contributed by atoms with Gasteiger partial charge in [-0.1, -0.05) is 5.16 Å². The molecule has 3 atom stereocenters. The molecular formula is C22H23FN6O2. The van der Waals surface area contributed by atoms with Gasteiger partial charge < -0.3 is 18.7 Å². The first-order valence-corrected chi connectivity index (χ1v) is 10.5. The predicted molar refractivity (Wildman–Crippen MR) is 115 cm³/mol. The third-order valence-corrected chi connectivity index (χ3v) is 6.66. The minimum atomic E-state index is -0.450. The van der Waals surface area contributed by atoms with Crippen LogP contribution in [0.4, 0.5) is 10.1 Å². The minimum absolute atomic E-state index is 0.0263. The van der Waals surface area contributed by atoms with Crippen LogP contribution in [0, 0.1) is 11.2 Å². The summed E-state index contributed by atoms with van der Waals surface area (Å²) in [5.41, 5.74) is 2.55. The normalized spacial score (nSPS) is 26.5. The molecule has 6 rings (SSSR count). The summed E-state index contributed by atoms with van der Waals surface area (Å²) in [4.78, 5) is 15.2. The number of anilines is 1. The molecule has 9 heteroatoms. The number of imidazole rings is 1. The van der Waals surface area contributed by atoms with Crippen molar-refractivity contribution in [1.29, 1.82) is 0 Å². The van der Waals surface area contributed by atoms with E-state index < -0.39 is 5.41 Å². The lowest BCUT2D eigenvalue weighted by Gasteiger charge is -2.54. The summed E-state index contributed by atoms with van der Waals surface area (Å²) in [5, 5.41) is 4.84. The Labute approximate surface area is 178 Å². The van der Waals surface area contributed by atoms with Crippen LogP contribution >= 0.6 is 0 Å². The van der Waals surface area contributed by atoms with Crippen LogP contribution in [0.3, 0.4) is 0 Å². The van der Waals surface area contributed by atoms with Gasteiger partial charge in [0.2, 0.25) is 5.58 Å². The molecule has 0 N–H and O–H groups in total. The number of benzene rings is 1. The van der Waals surface area contributed by atoms with Gasteiger partial charge in [0, 0.05) is 26.0 Å². The van der Waals surface area contributed by atoms with Crippen LogP contribution in [0.1, 0.15) is 19.4 Å². The van der Waals surface area contributed by atoms with Gasteiger partial charge >= 0.3 is 0 Å². The smallest absolute Gasteiger partial charge is 0.205 e. The molecule has 1 fully saturated rings. The Morgan fingerprint density at radius 3 is 2.77 bits per heavy atom. The molecular weight excluding hydrogens is 399 g/mol. The third kappa shape index (κ3) is 2.56. The molecule has 1 aromatic carbocycles. The quantitative estimate of drug-likeness (QED) is 0.602. The summed E-state index contributed by atoms with van der Waals surface area (Å²) in [5.74, 6) is -0.376. The number of aryl methyl sites for hydroxylation is 1. The Morgan fingerprint density at radius 1 is 1.23 bits per heavy atom. The van der Waals surface area contributed by atoms with Crippen LogP contribution in [-0.4, -0.2) is 58.6 Å². The van der Waals surface area contributed by atoms with Gasteiger partial charge in [-0.05, 0) is 31.9 Å². The highest BCUT2D eigenvalue weighted by molar-refractivity contribution is 5.98. The number of aromatic nitrogens is 3. The number of aliphatic imine (C=N–C) groups is 2. The summed E-state index contributed by atoms with van der Waals surface area (Å²) < 4.78 is 29.5. The molecule has 0 saturated carbocycles. The van der Waals surface area contributed by atoms with Crippen LogP contribution in [0.15, 0.2) is 33.1 Å². The number of hydrogen-bond acceptors (Lipinski definition) is 7. The van der Waals surface area contributed by atoms with Crippen molar-refractivity contribution in [2.24, 2.45) is 22.4 Å². The zero-order chi connectivity index (χ0) is 21.3. The van der Waals surface area contributed by atoms with E-state index in [4.69, 9.17) is 9.26 Å². The summed E-state index contributed by atoms with van der Waals surface area (Å²) in [6.07, 6.45) is 7.81. The van der Waals surface area contributed by atoms with E-state index in [1.54, 1.807) is 12.5 Å². The summed E-state index contributed by atoms with van der Waals surface area (Å²) >= 11 is 0. The number of halogens is 1. The molecule has 3 aliphatic heterocycles. The van der Waals surface area contributed by atoms with E-state index in [2.05, 4.69) is 25.0 Å². The molecule has 0 amide bonds. The molecule has 2 aromatic heterocycles. The standard InChI is InChI=1S/C22H23FN6O2/c1-12-7-29-19-14(5-22(8-25-10-26-9-22)21(29)13(2)30-12)4-15-18(16-6-24-11-28(16)3)27-31-20(15)17(19)23/h4,6,8-9,11-13,21H,5,7,10H2,1-3H3/t12-,13+,21-/m1/s1. The Hall–Kier alpha value is -3.07. The lowest BCUT2D eigenvalue weighted by atomic mass is 9.69. The van der Waals surface area contributed by atoms with Crippen LogP contribution in [0.2, 0.25) is 0 Å². The molecule has 0 unspecified atom stereocenters. The molecule has 160 valence electrons. The van der Waals surface area contributed by atoms with E-state index in [1.807, 2.05) is 44.0 Å². The Morgan fingerprint density at radius 2 is 2.03 bits per heavy atom. The number of fused-ring (bicyclic) bond motifs is 5. The largest absolute Gasteiger partial charge is 0.372 e. The van der Waals surface area contributed by atoms with Gasteiger partial charge in [0.05, 0.1) is 53.0 Å². The van der Waals surface area contributed by atoms with Crippen molar-refractivity contribution in [1.82, 2.24) is 14.7 Å². The Bertz CT molecular complexity index is 1230. The molecule has 0 bridgehead atoms. The number of morpholine rings is 1. The maximum absolute atomic E-state index is 16.0. The fourth-order valence-electron chi connectivity index (χ4n) is 5.56. The highest BCUT2D eigenvalue weighted by atomic mass is 19.1. The van der Waals surface area contributed by atoms with Gasteiger partial charge in [-0.2, -0.15) is 0 Å². The highest BCUT2D eigenvalue weighted by Crippen LogP contribution is 2.48. The van der Waals surface area contributed by atoms with E-state index >= 15 is 4.39 Å². The van der Waals surface area contributed by atoms with E-state index in [0.29, 0.717) is 36.4 Å². The second-order valence-electron chi connectivity index (χ2n) is 8.80. The molecule has 0 aliphatic carbocycles. The van der Waals surface area contributed by atoms with Crippen molar-refractivity contribution in [3.8, 4) is 11.4 Å². The summed E-state index contributed by atoms with van der Waals surface area (Å²) in [6.45, 7) is 5.07. The first kappa shape index (κ1) is 18.7. The zero-order valence-corrected chi connectivity index (χ0v) is 17.6. The van der Waals surface area contributed by atoms with Gasteiger partial charge in [-0.3, -0.25) is 9.98 Å². The lowest BCUT2D eigenvalue weighted by Crippen LogP contribution is -2.65. The van der Waals surface area contributed by atoms with Crippen LogP contribution < -0.4 is 4.90 Å². The van der Waals surface area contributed by atoms with Gasteiger partial charge in [0.25, 0.3) is 0 Å². The average Bonchev–Trinajstić information content (AvgIpc) is 3.33. The number of hydrogen-bond donors (Lipinski definition) is 0. The first-order valence-electron chi connectivity index (χ1n) is 10.5. The molecule has 1 saturated heterocycles. The fourth-order valence-corrected chi connectivity index (χ4v) is 5.56. The first-order chi connectivity index (χ1) is 15.0. The molecule has 31 heavy (non-hydrogen) atoms. The van der Waals surface area contributed by atoms with Crippen LogP contribution in [0.5, 0.6) is 0 Å². The topological polar surface area (TPSA) is 81.0 Å². The van der Waals surface area contributed by atoms with Crippen LogP contribution in [-0.2, 0) is 18.2 Å². The van der Waals surface area contributed by atoms with Gasteiger partial charge in [0.15, 0.2) is 5.82 Å². The van der Waals surface area contributed by atoms with Gasteiger partial charge in [0.1, 0.15) is 12.4 Å². The summed E-state index contributed by atoms with van der Waals surface area (Å²) in [6, 6.07) is 1.90. The zero-order valence-electron chi connectivity index (χ0n) is 17.6. The van der Waals surface area contributed by atoms with Gasteiger partial charge in [-0.25, -0.2) is 9.37 Å². The van der Waals surface area contributed by atoms with Crippen molar-refractivity contribution in [3.05, 3.63) is 30.0 Å². The molecule has 1 spiro atoms. The SMILES string of the molecule is C[C@@H]1CN2c3c(cc4c(-c5cncn5C)noc4c3F)CC3(C=NCN=C3)[C@H]2[C@H](C)O1. The van der Waals surface area contributed by atoms with Crippen LogP contribution in [0.25, 0.3) is 22.4 Å². The minimum Gasteiger partial charge on any atom is -0.372 e. The molecule has 8 nitrogen and oxygen atoms in total. The lowest BCUT2D eigenvalue weighted by molar-refractivity contribution is -0.0432. The second-order valence-corrected chi connectivity index (χ2v) is 8.80. The van der Waals surface area contributed by atoms with Crippen molar-refractivity contribution in [2.75, 3.05) is 18.1 Å². The predicted octanol–water partition coefficient (Wildman–Crippen LogP) is 3.00.